The van der Waals surface area contributed by atoms with Crippen molar-refractivity contribution in [3.63, 3.8) is 0 Å². The minimum Gasteiger partial charge on any atom is -0.493 e. The molecule has 6 nitrogen and oxygen atoms in total. The Kier molecular flexibility index (Phi) is 6.91. The Bertz CT molecular complexity index is 1010. The molecule has 0 unspecified atom stereocenters. The van der Waals surface area contributed by atoms with Crippen molar-refractivity contribution < 1.29 is 18.7 Å². The maximum Gasteiger partial charge on any atom is 0.271 e. The van der Waals surface area contributed by atoms with Crippen LogP contribution in [0.5, 0.6) is 11.5 Å². The van der Waals surface area contributed by atoms with E-state index < -0.39 is 0 Å². The first-order valence-electron chi connectivity index (χ1n) is 8.55. The van der Waals surface area contributed by atoms with Gasteiger partial charge >= 0.3 is 0 Å². The zero-order valence-corrected chi connectivity index (χ0v) is 17.0. The lowest BCUT2D eigenvalue weighted by Crippen LogP contribution is -2.17. The number of nitrogens with zero attached hydrogens (tertiary/aromatic N) is 2. The predicted molar refractivity (Wildman–Crippen MR) is 111 cm³/mol. The van der Waals surface area contributed by atoms with Crippen LogP contribution in [0.3, 0.4) is 0 Å². The fourth-order valence-electron chi connectivity index (χ4n) is 2.39. The van der Waals surface area contributed by atoms with E-state index in [1.807, 2.05) is 0 Å². The lowest BCUT2D eigenvalue weighted by atomic mass is 10.2. The number of methoxy groups -OCH3 is 1. The fourth-order valence-corrected chi connectivity index (χ4v) is 2.82. The largest absolute Gasteiger partial charge is 0.493 e. The zero-order chi connectivity index (χ0) is 20.6. The van der Waals surface area contributed by atoms with Crippen LogP contribution < -0.4 is 14.9 Å². The first kappa shape index (κ1) is 20.5. The molecule has 3 rings (SSSR count). The second kappa shape index (κ2) is 9.79. The van der Waals surface area contributed by atoms with Gasteiger partial charge in [0.1, 0.15) is 12.4 Å². The number of carbonyl (C=O) groups excluding carboxylic acids is 1. The van der Waals surface area contributed by atoms with E-state index >= 15 is 0 Å². The number of halogens is 2. The number of aromatic nitrogens is 1. The molecule has 0 aliphatic rings. The summed E-state index contributed by atoms with van der Waals surface area (Å²) in [5.74, 6) is 0.374. The molecule has 8 heteroatoms. The van der Waals surface area contributed by atoms with E-state index in [-0.39, 0.29) is 18.3 Å². The Morgan fingerprint density at radius 1 is 1.17 bits per heavy atom. The highest BCUT2D eigenvalue weighted by Gasteiger charge is 2.10. The van der Waals surface area contributed by atoms with Crippen molar-refractivity contribution in [2.45, 2.75) is 6.61 Å². The van der Waals surface area contributed by atoms with Crippen molar-refractivity contribution in [3.05, 3.63) is 87.9 Å². The van der Waals surface area contributed by atoms with Gasteiger partial charge in [0, 0.05) is 28.0 Å². The monoisotopic (exact) mass is 457 g/mol. The van der Waals surface area contributed by atoms with Gasteiger partial charge in [-0.1, -0.05) is 12.1 Å². The zero-order valence-electron chi connectivity index (χ0n) is 15.4. The average Bonchev–Trinajstić information content (AvgIpc) is 2.75. The summed E-state index contributed by atoms with van der Waals surface area (Å²) in [6.07, 6.45) is 4.56. The van der Waals surface area contributed by atoms with E-state index in [2.05, 4.69) is 31.4 Å². The Hall–Kier alpha value is -3.26. The fraction of sp³-hybridized carbons (Fsp3) is 0.0952. The van der Waals surface area contributed by atoms with E-state index in [0.29, 0.717) is 27.1 Å². The van der Waals surface area contributed by atoms with Crippen LogP contribution in [0.15, 0.2) is 70.5 Å². The number of ether oxygens (including phenoxy) is 2. The summed E-state index contributed by atoms with van der Waals surface area (Å²) >= 11 is 3.46. The number of amides is 1. The minimum absolute atomic E-state index is 0.262. The lowest BCUT2D eigenvalue weighted by molar-refractivity contribution is 0.0955. The Morgan fingerprint density at radius 2 is 1.90 bits per heavy atom. The topological polar surface area (TPSA) is 72.8 Å². The van der Waals surface area contributed by atoms with Crippen LogP contribution >= 0.6 is 15.9 Å². The van der Waals surface area contributed by atoms with Gasteiger partial charge in [0.05, 0.1) is 13.3 Å². The molecule has 3 aromatic rings. The van der Waals surface area contributed by atoms with Crippen LogP contribution in [0, 0.1) is 5.82 Å². The smallest absolute Gasteiger partial charge is 0.271 e. The molecular formula is C21H17BrFN3O3. The predicted octanol–water partition coefficient (Wildman–Crippen LogP) is 4.33. The summed E-state index contributed by atoms with van der Waals surface area (Å²) in [4.78, 5) is 15.9. The van der Waals surface area contributed by atoms with Crippen molar-refractivity contribution in [3.8, 4) is 11.5 Å². The molecule has 0 saturated carbocycles. The van der Waals surface area contributed by atoms with Crippen molar-refractivity contribution >= 4 is 28.1 Å². The molecule has 29 heavy (non-hydrogen) atoms. The first-order chi connectivity index (χ1) is 14.1. The summed E-state index contributed by atoms with van der Waals surface area (Å²) in [7, 11) is 1.53. The molecule has 1 aromatic heterocycles. The van der Waals surface area contributed by atoms with Crippen LogP contribution in [0.2, 0.25) is 0 Å². The third kappa shape index (κ3) is 5.61. The lowest BCUT2D eigenvalue weighted by Gasteiger charge is -2.13. The number of benzene rings is 2. The SMILES string of the molecule is COc1cc(/C=N/NC(=O)c2ccncc2)c(Br)cc1OCc1ccc(F)cc1. The molecular weight excluding hydrogens is 441 g/mol. The van der Waals surface area contributed by atoms with Gasteiger partial charge in [-0.05, 0) is 57.9 Å². The molecule has 1 N–H and O–H groups in total. The van der Waals surface area contributed by atoms with Crippen LogP contribution in [0.1, 0.15) is 21.5 Å². The van der Waals surface area contributed by atoms with E-state index in [4.69, 9.17) is 9.47 Å². The standard InChI is InChI=1S/C21H17BrFN3O3/c1-28-19-10-16(12-25-26-21(27)15-6-8-24-9-7-15)18(22)11-20(19)29-13-14-2-4-17(23)5-3-14/h2-12H,13H2,1H3,(H,26,27)/b25-12+. The molecule has 0 saturated heterocycles. The second-order valence-corrected chi connectivity index (χ2v) is 6.73. The van der Waals surface area contributed by atoms with Crippen molar-refractivity contribution in [2.75, 3.05) is 7.11 Å². The van der Waals surface area contributed by atoms with Crippen molar-refractivity contribution in [1.29, 1.82) is 0 Å². The van der Waals surface area contributed by atoms with Crippen LogP contribution in [-0.2, 0) is 6.61 Å². The van der Waals surface area contributed by atoms with E-state index in [1.165, 1.54) is 37.9 Å². The van der Waals surface area contributed by atoms with Crippen molar-refractivity contribution in [1.82, 2.24) is 10.4 Å². The number of rotatable bonds is 7. The molecule has 0 atom stereocenters. The normalized spacial score (nSPS) is 10.7. The van der Waals surface area contributed by atoms with Gasteiger partial charge in [-0.25, -0.2) is 9.82 Å². The van der Waals surface area contributed by atoms with Crippen molar-refractivity contribution in [2.24, 2.45) is 5.10 Å². The van der Waals surface area contributed by atoms with Gasteiger partial charge in [0.25, 0.3) is 5.91 Å². The van der Waals surface area contributed by atoms with E-state index in [0.717, 1.165) is 5.56 Å². The number of nitrogens with one attached hydrogen (secondary N) is 1. The summed E-state index contributed by atoms with van der Waals surface area (Å²) in [5, 5.41) is 3.98. The van der Waals surface area contributed by atoms with Crippen LogP contribution in [-0.4, -0.2) is 24.2 Å². The first-order valence-corrected chi connectivity index (χ1v) is 9.34. The number of hydrogen-bond acceptors (Lipinski definition) is 5. The second-order valence-electron chi connectivity index (χ2n) is 5.87. The highest BCUT2D eigenvalue weighted by molar-refractivity contribution is 9.10. The third-order valence-electron chi connectivity index (χ3n) is 3.90. The Morgan fingerprint density at radius 3 is 2.59 bits per heavy atom. The molecule has 0 aliphatic carbocycles. The van der Waals surface area contributed by atoms with Gasteiger partial charge in [-0.3, -0.25) is 9.78 Å². The highest BCUT2D eigenvalue weighted by Crippen LogP contribution is 2.33. The maximum absolute atomic E-state index is 13.0. The molecule has 1 amide bonds. The molecule has 0 spiro atoms. The molecule has 1 heterocycles. The summed E-state index contributed by atoms with van der Waals surface area (Å²) in [5.41, 5.74) is 4.43. The molecule has 0 bridgehead atoms. The number of hydrogen-bond donors (Lipinski definition) is 1. The molecule has 148 valence electrons. The number of hydrazone groups is 1. The number of pyridine rings is 1. The summed E-state index contributed by atoms with van der Waals surface area (Å²) in [6.45, 7) is 0.262. The highest BCUT2D eigenvalue weighted by atomic mass is 79.9. The van der Waals surface area contributed by atoms with Gasteiger partial charge in [0.2, 0.25) is 0 Å². The summed E-state index contributed by atoms with van der Waals surface area (Å²) in [6, 6.07) is 12.7. The minimum atomic E-state index is -0.342. The van der Waals surface area contributed by atoms with Gasteiger partial charge < -0.3 is 9.47 Å². The maximum atomic E-state index is 13.0. The Labute approximate surface area is 175 Å². The number of carbonyl (C=O) groups is 1. The van der Waals surface area contributed by atoms with Gasteiger partial charge in [0.15, 0.2) is 11.5 Å². The molecule has 2 aromatic carbocycles. The van der Waals surface area contributed by atoms with Crippen LogP contribution in [0.25, 0.3) is 0 Å². The molecule has 0 aliphatic heterocycles. The quantitative estimate of drug-likeness (QED) is 0.423. The molecule has 0 radical (unpaired) electrons. The van der Waals surface area contributed by atoms with Gasteiger partial charge in [-0.15, -0.1) is 0 Å². The van der Waals surface area contributed by atoms with E-state index in [1.54, 1.807) is 36.4 Å². The molecule has 0 fully saturated rings. The van der Waals surface area contributed by atoms with Crippen LogP contribution in [0.4, 0.5) is 4.39 Å². The van der Waals surface area contributed by atoms with E-state index in [9.17, 15) is 9.18 Å². The van der Waals surface area contributed by atoms with Gasteiger partial charge in [-0.2, -0.15) is 5.10 Å². The third-order valence-corrected chi connectivity index (χ3v) is 4.59. The summed E-state index contributed by atoms with van der Waals surface area (Å²) < 4.78 is 24.9. The average molecular weight is 458 g/mol. The Balaban J connectivity index is 1.68.